The summed E-state index contributed by atoms with van der Waals surface area (Å²) in [4.78, 5) is 0. The Morgan fingerprint density at radius 1 is 1.31 bits per heavy atom. The fourth-order valence-corrected chi connectivity index (χ4v) is 2.34. The number of hydrogen-bond acceptors (Lipinski definition) is 3. The Kier molecular flexibility index (Phi) is 5.22. The van der Waals surface area contributed by atoms with E-state index in [0.29, 0.717) is 18.2 Å². The van der Waals surface area contributed by atoms with E-state index >= 15 is 0 Å². The molecule has 1 fully saturated rings. The predicted octanol–water partition coefficient (Wildman–Crippen LogP) is 2.20. The Balaban J connectivity index is 2.29. The van der Waals surface area contributed by atoms with Crippen molar-refractivity contribution >= 4 is 0 Å². The molecule has 1 rings (SSSR count). The highest BCUT2D eigenvalue weighted by molar-refractivity contribution is 5.03. The van der Waals surface area contributed by atoms with E-state index in [1.807, 2.05) is 6.92 Å². The number of ether oxygens (including phenoxy) is 2. The second-order valence-corrected chi connectivity index (χ2v) is 5.28. The van der Waals surface area contributed by atoms with Gasteiger partial charge in [0.2, 0.25) is 0 Å². The quantitative estimate of drug-likeness (QED) is 0.726. The van der Waals surface area contributed by atoms with Crippen LogP contribution in [0.5, 0.6) is 0 Å². The lowest BCUT2D eigenvalue weighted by molar-refractivity contribution is -0.117. The van der Waals surface area contributed by atoms with Crippen LogP contribution in [0, 0.1) is 5.41 Å². The molecule has 96 valence electrons. The van der Waals surface area contributed by atoms with E-state index in [1.165, 1.54) is 0 Å². The van der Waals surface area contributed by atoms with Crippen LogP contribution in [-0.2, 0) is 9.47 Å². The van der Waals surface area contributed by atoms with Gasteiger partial charge in [0.1, 0.15) is 0 Å². The molecule has 3 heteroatoms. The van der Waals surface area contributed by atoms with Crippen molar-refractivity contribution in [2.45, 2.75) is 59.2 Å². The van der Waals surface area contributed by atoms with E-state index in [0.717, 1.165) is 26.2 Å². The van der Waals surface area contributed by atoms with Crippen molar-refractivity contribution in [3.8, 4) is 0 Å². The molecule has 1 aliphatic carbocycles. The topological polar surface area (TPSA) is 30.5 Å². The molecule has 0 heterocycles. The molecule has 0 bridgehead atoms. The lowest BCUT2D eigenvalue weighted by Gasteiger charge is -2.52. The average molecular weight is 229 g/mol. The van der Waals surface area contributed by atoms with Crippen molar-refractivity contribution in [1.29, 1.82) is 0 Å². The molecule has 1 saturated carbocycles. The maximum absolute atomic E-state index is 5.71. The molecule has 0 aromatic rings. The van der Waals surface area contributed by atoms with Crippen molar-refractivity contribution in [1.82, 2.24) is 5.32 Å². The first-order chi connectivity index (χ1) is 7.52. The smallest absolute Gasteiger partial charge is 0.0655 e. The van der Waals surface area contributed by atoms with Crippen LogP contribution in [0.15, 0.2) is 0 Å². The number of rotatable bonds is 7. The maximum atomic E-state index is 5.71. The summed E-state index contributed by atoms with van der Waals surface area (Å²) < 4.78 is 11.1. The summed E-state index contributed by atoms with van der Waals surface area (Å²) in [6, 6.07) is 0.978. The molecule has 3 nitrogen and oxygen atoms in total. The zero-order valence-corrected chi connectivity index (χ0v) is 11.4. The standard InChI is InChI=1S/C13H27NO2/c1-6-15-9-10(3)14-11-8-12(16-7-2)13(11,4)5/h10-12,14H,6-9H2,1-5H3. The van der Waals surface area contributed by atoms with E-state index in [9.17, 15) is 0 Å². The van der Waals surface area contributed by atoms with Crippen LogP contribution < -0.4 is 5.32 Å². The Bertz CT molecular complexity index is 206. The minimum atomic E-state index is 0.247. The summed E-state index contributed by atoms with van der Waals surface area (Å²) in [6.07, 6.45) is 1.53. The summed E-state index contributed by atoms with van der Waals surface area (Å²) in [7, 11) is 0. The first kappa shape index (κ1) is 13.9. The van der Waals surface area contributed by atoms with Crippen molar-refractivity contribution in [2.24, 2.45) is 5.41 Å². The lowest BCUT2D eigenvalue weighted by Crippen LogP contribution is -2.62. The van der Waals surface area contributed by atoms with Gasteiger partial charge in [-0.1, -0.05) is 13.8 Å². The van der Waals surface area contributed by atoms with Crippen LogP contribution in [-0.4, -0.2) is 38.0 Å². The van der Waals surface area contributed by atoms with Crippen molar-refractivity contribution < 1.29 is 9.47 Å². The highest BCUT2D eigenvalue weighted by Gasteiger charge is 2.48. The molecule has 16 heavy (non-hydrogen) atoms. The molecule has 0 aromatic heterocycles. The Labute approximate surface area is 99.9 Å². The molecule has 0 amide bonds. The molecule has 0 radical (unpaired) electrons. The van der Waals surface area contributed by atoms with Gasteiger partial charge in [0, 0.05) is 30.7 Å². The highest BCUT2D eigenvalue weighted by Crippen LogP contribution is 2.42. The molecule has 3 unspecified atom stereocenters. The van der Waals surface area contributed by atoms with Crippen LogP contribution in [0.25, 0.3) is 0 Å². The molecule has 0 spiro atoms. The Hall–Kier alpha value is -0.120. The first-order valence-electron chi connectivity index (χ1n) is 6.47. The Morgan fingerprint density at radius 2 is 2.00 bits per heavy atom. The minimum absolute atomic E-state index is 0.247. The van der Waals surface area contributed by atoms with Crippen LogP contribution in [0.4, 0.5) is 0 Å². The molecule has 0 aromatic carbocycles. The fourth-order valence-electron chi connectivity index (χ4n) is 2.34. The largest absolute Gasteiger partial charge is 0.380 e. The number of nitrogens with one attached hydrogen (secondary N) is 1. The summed E-state index contributed by atoms with van der Waals surface area (Å²) >= 11 is 0. The second-order valence-electron chi connectivity index (χ2n) is 5.28. The predicted molar refractivity (Wildman–Crippen MR) is 66.7 cm³/mol. The van der Waals surface area contributed by atoms with E-state index in [1.54, 1.807) is 0 Å². The zero-order chi connectivity index (χ0) is 12.2. The van der Waals surface area contributed by atoms with Crippen LogP contribution >= 0.6 is 0 Å². The van der Waals surface area contributed by atoms with Crippen molar-refractivity contribution in [3.05, 3.63) is 0 Å². The van der Waals surface area contributed by atoms with Crippen LogP contribution in [0.3, 0.4) is 0 Å². The molecule has 1 aliphatic rings. The molecule has 3 atom stereocenters. The summed E-state index contributed by atoms with van der Waals surface area (Å²) in [6.45, 7) is 13.2. The zero-order valence-electron chi connectivity index (χ0n) is 11.4. The minimum Gasteiger partial charge on any atom is -0.380 e. The van der Waals surface area contributed by atoms with Gasteiger partial charge in [0.05, 0.1) is 12.7 Å². The second kappa shape index (κ2) is 5.99. The third-order valence-corrected chi connectivity index (χ3v) is 3.60. The fraction of sp³-hybridized carbons (Fsp3) is 1.00. The van der Waals surface area contributed by atoms with Gasteiger partial charge in [-0.15, -0.1) is 0 Å². The van der Waals surface area contributed by atoms with E-state index in [2.05, 4.69) is 33.0 Å². The summed E-state index contributed by atoms with van der Waals surface area (Å²) in [5.74, 6) is 0. The van der Waals surface area contributed by atoms with Crippen molar-refractivity contribution in [3.63, 3.8) is 0 Å². The third-order valence-electron chi connectivity index (χ3n) is 3.60. The van der Waals surface area contributed by atoms with Gasteiger partial charge in [0.25, 0.3) is 0 Å². The third kappa shape index (κ3) is 3.19. The number of hydrogen-bond donors (Lipinski definition) is 1. The van der Waals surface area contributed by atoms with Crippen LogP contribution in [0.2, 0.25) is 0 Å². The Morgan fingerprint density at radius 3 is 2.50 bits per heavy atom. The van der Waals surface area contributed by atoms with E-state index in [4.69, 9.17) is 9.47 Å². The monoisotopic (exact) mass is 229 g/mol. The van der Waals surface area contributed by atoms with Gasteiger partial charge in [-0.05, 0) is 27.2 Å². The maximum Gasteiger partial charge on any atom is 0.0655 e. The van der Waals surface area contributed by atoms with Gasteiger partial charge >= 0.3 is 0 Å². The molecular weight excluding hydrogens is 202 g/mol. The molecule has 1 N–H and O–H groups in total. The van der Waals surface area contributed by atoms with Gasteiger partial charge in [-0.3, -0.25) is 0 Å². The average Bonchev–Trinajstić information content (AvgIpc) is 2.25. The lowest BCUT2D eigenvalue weighted by atomic mass is 9.64. The van der Waals surface area contributed by atoms with Crippen molar-refractivity contribution in [2.75, 3.05) is 19.8 Å². The SMILES string of the molecule is CCOCC(C)NC1CC(OCC)C1(C)C. The molecular formula is C13H27NO2. The van der Waals surface area contributed by atoms with Gasteiger partial charge in [-0.2, -0.15) is 0 Å². The molecule has 0 saturated heterocycles. The highest BCUT2D eigenvalue weighted by atomic mass is 16.5. The first-order valence-corrected chi connectivity index (χ1v) is 6.47. The molecule has 0 aliphatic heterocycles. The van der Waals surface area contributed by atoms with E-state index in [-0.39, 0.29) is 5.41 Å². The van der Waals surface area contributed by atoms with Gasteiger partial charge in [0.15, 0.2) is 0 Å². The van der Waals surface area contributed by atoms with Gasteiger partial charge in [-0.25, -0.2) is 0 Å². The van der Waals surface area contributed by atoms with Gasteiger partial charge < -0.3 is 14.8 Å². The van der Waals surface area contributed by atoms with Crippen LogP contribution in [0.1, 0.15) is 41.0 Å². The summed E-state index contributed by atoms with van der Waals surface area (Å²) in [5.41, 5.74) is 0.247. The van der Waals surface area contributed by atoms with E-state index < -0.39 is 0 Å². The summed E-state index contributed by atoms with van der Waals surface area (Å²) in [5, 5.41) is 3.62. The normalized spacial score (nSPS) is 29.8.